The Morgan fingerprint density at radius 2 is 1.50 bits per heavy atom. The van der Waals surface area contributed by atoms with Crippen molar-refractivity contribution in [2.45, 2.75) is 105 Å². The Morgan fingerprint density at radius 3 is 2.16 bits per heavy atom. The second kappa shape index (κ2) is 7.09. The fourth-order valence-electron chi connectivity index (χ4n) is 11.2. The molecule has 0 radical (unpaired) electrons. The Morgan fingerprint density at radius 1 is 0.844 bits per heavy atom. The monoisotopic (exact) mass is 442 g/mol. The van der Waals surface area contributed by atoms with Gasteiger partial charge >= 0.3 is 5.97 Å². The molecule has 5 rings (SSSR count). The molecule has 2 N–H and O–H groups in total. The molecule has 0 bridgehead atoms. The third-order valence-electron chi connectivity index (χ3n) is 12.6. The van der Waals surface area contributed by atoms with Gasteiger partial charge in [0.25, 0.3) is 0 Å². The van der Waals surface area contributed by atoms with E-state index in [0.29, 0.717) is 40.4 Å². The number of carbonyl (C=O) groups is 1. The van der Waals surface area contributed by atoms with E-state index in [1.807, 2.05) is 0 Å². The molecule has 32 heavy (non-hydrogen) atoms. The van der Waals surface area contributed by atoms with E-state index in [1.54, 1.807) is 0 Å². The highest BCUT2D eigenvalue weighted by molar-refractivity contribution is 5.76. The molecule has 0 aromatic rings. The molecule has 1 unspecified atom stereocenters. The fraction of sp³-hybridized carbons (Fsp3) is 0.897. The van der Waals surface area contributed by atoms with Crippen LogP contribution >= 0.6 is 0 Å². The van der Waals surface area contributed by atoms with Crippen molar-refractivity contribution >= 4 is 5.97 Å². The van der Waals surface area contributed by atoms with Crippen LogP contribution in [0.15, 0.2) is 12.2 Å². The molecule has 3 heteroatoms. The molecule has 5 aliphatic rings. The van der Waals surface area contributed by atoms with Crippen LogP contribution in [0.3, 0.4) is 0 Å². The van der Waals surface area contributed by atoms with Crippen LogP contribution in [0.4, 0.5) is 0 Å². The van der Waals surface area contributed by atoms with Crippen molar-refractivity contribution in [3.05, 3.63) is 12.2 Å². The Balaban J connectivity index is 1.52. The van der Waals surface area contributed by atoms with Crippen molar-refractivity contribution in [1.29, 1.82) is 0 Å². The van der Waals surface area contributed by atoms with E-state index in [0.717, 1.165) is 38.5 Å². The highest BCUT2D eigenvalue weighted by Crippen LogP contribution is 2.73. The first-order chi connectivity index (χ1) is 14.9. The number of carboxylic acids is 1. The molecule has 5 saturated carbocycles. The van der Waals surface area contributed by atoms with Crippen molar-refractivity contribution in [2.75, 3.05) is 0 Å². The lowest BCUT2D eigenvalue weighted by molar-refractivity contribution is -0.217. The topological polar surface area (TPSA) is 57.5 Å². The van der Waals surface area contributed by atoms with Crippen LogP contribution in [0.2, 0.25) is 0 Å². The minimum atomic E-state index is -0.532. The zero-order valence-electron chi connectivity index (χ0n) is 21.1. The summed E-state index contributed by atoms with van der Waals surface area (Å²) in [4.78, 5) is 12.7. The van der Waals surface area contributed by atoms with Gasteiger partial charge in [0, 0.05) is 0 Å². The highest BCUT2D eigenvalue weighted by atomic mass is 16.4. The van der Waals surface area contributed by atoms with E-state index in [9.17, 15) is 15.0 Å². The Labute approximate surface area is 195 Å². The number of rotatable bonds is 2. The standard InChI is InChI=1S/C29H46O3/c1-17(2)18-9-15-29(25(31)32)16-10-20-19(24(18)29)7-8-22-27(20,5)13-11-21-26(3,4)23(30)12-14-28(21,22)6/h18-24,30H,1,7-16H2,2-6H3,(H,31,32)/t18-,19-,20?,21-,22-,23-,24+,27-,28-,29-/m0/s1. The number of carboxylic acid groups (broad SMARTS) is 1. The molecular formula is C29H46O3. The van der Waals surface area contributed by atoms with Crippen LogP contribution in [0.5, 0.6) is 0 Å². The van der Waals surface area contributed by atoms with Gasteiger partial charge in [0.2, 0.25) is 0 Å². The van der Waals surface area contributed by atoms with Crippen molar-refractivity contribution in [3.8, 4) is 0 Å². The second-order valence-corrected chi connectivity index (χ2v) is 13.9. The van der Waals surface area contributed by atoms with Gasteiger partial charge in [-0.15, -0.1) is 0 Å². The molecule has 10 atom stereocenters. The van der Waals surface area contributed by atoms with E-state index in [2.05, 4.69) is 41.2 Å². The van der Waals surface area contributed by atoms with Crippen LogP contribution in [-0.2, 0) is 4.79 Å². The predicted octanol–water partition coefficient (Wildman–Crippen LogP) is 6.70. The van der Waals surface area contributed by atoms with E-state index in [1.165, 1.54) is 31.3 Å². The normalized spacial score (nSPS) is 54.0. The van der Waals surface area contributed by atoms with Gasteiger partial charge in [-0.1, -0.05) is 39.8 Å². The maximum atomic E-state index is 12.7. The molecule has 0 saturated heterocycles. The lowest BCUT2D eigenvalue weighted by Gasteiger charge is -2.69. The molecule has 3 nitrogen and oxygen atoms in total. The summed E-state index contributed by atoms with van der Waals surface area (Å²) in [5.41, 5.74) is 1.30. The van der Waals surface area contributed by atoms with Crippen molar-refractivity contribution in [2.24, 2.45) is 57.2 Å². The molecule has 0 spiro atoms. The van der Waals surface area contributed by atoms with Gasteiger partial charge in [-0.05, 0) is 123 Å². The number of allylic oxidation sites excluding steroid dienone is 1. The Hall–Kier alpha value is -0.830. The lowest BCUT2D eigenvalue weighted by atomic mass is 9.36. The number of hydrogen-bond donors (Lipinski definition) is 2. The molecule has 0 aromatic heterocycles. The van der Waals surface area contributed by atoms with Gasteiger partial charge in [0.15, 0.2) is 0 Å². The number of aliphatic carboxylic acids is 1. The maximum absolute atomic E-state index is 12.7. The SMILES string of the molecule is C=C(C)[C@@H]1CC[C@]2(C(=O)O)CCC3[C@H](CC[C@@H]4[C@@]5(C)CC[C@H](O)C(C)(C)[C@@H]5CC[C@@]34C)[C@@H]12. The summed E-state index contributed by atoms with van der Waals surface area (Å²) in [6.45, 7) is 16.2. The summed E-state index contributed by atoms with van der Waals surface area (Å²) in [5, 5.41) is 21.2. The number of aliphatic hydroxyl groups is 1. The van der Waals surface area contributed by atoms with Crippen LogP contribution in [0.25, 0.3) is 0 Å². The largest absolute Gasteiger partial charge is 0.481 e. The maximum Gasteiger partial charge on any atom is 0.309 e. The summed E-state index contributed by atoms with van der Waals surface area (Å²) in [6, 6.07) is 0. The molecule has 0 heterocycles. The van der Waals surface area contributed by atoms with Crippen LogP contribution < -0.4 is 0 Å². The van der Waals surface area contributed by atoms with Crippen LogP contribution in [0, 0.1) is 57.2 Å². The van der Waals surface area contributed by atoms with Crippen molar-refractivity contribution in [1.82, 2.24) is 0 Å². The van der Waals surface area contributed by atoms with Gasteiger partial charge in [0.05, 0.1) is 11.5 Å². The molecule has 0 aromatic carbocycles. The van der Waals surface area contributed by atoms with E-state index >= 15 is 0 Å². The van der Waals surface area contributed by atoms with Crippen LogP contribution in [0.1, 0.15) is 98.8 Å². The summed E-state index contributed by atoms with van der Waals surface area (Å²) in [6.07, 6.45) is 10.6. The summed E-state index contributed by atoms with van der Waals surface area (Å²) in [7, 11) is 0. The van der Waals surface area contributed by atoms with Gasteiger partial charge in [-0.3, -0.25) is 4.79 Å². The second-order valence-electron chi connectivity index (χ2n) is 13.9. The number of aliphatic hydroxyl groups excluding tert-OH is 1. The summed E-state index contributed by atoms with van der Waals surface area (Å²) in [5.74, 6) is 2.60. The third kappa shape index (κ3) is 2.72. The molecule has 0 amide bonds. The van der Waals surface area contributed by atoms with Crippen LogP contribution in [-0.4, -0.2) is 22.3 Å². The van der Waals surface area contributed by atoms with Crippen molar-refractivity contribution < 1.29 is 15.0 Å². The van der Waals surface area contributed by atoms with Gasteiger partial charge in [-0.25, -0.2) is 0 Å². The van der Waals surface area contributed by atoms with Crippen molar-refractivity contribution in [3.63, 3.8) is 0 Å². The van der Waals surface area contributed by atoms with E-state index in [-0.39, 0.29) is 17.4 Å². The minimum Gasteiger partial charge on any atom is -0.481 e. The average Bonchev–Trinajstić information content (AvgIpc) is 3.12. The molecule has 0 aliphatic heterocycles. The minimum absolute atomic E-state index is 0.00724. The first kappa shape index (κ1) is 22.9. The first-order valence-corrected chi connectivity index (χ1v) is 13.5. The Bertz CT molecular complexity index is 815. The number of hydrogen-bond acceptors (Lipinski definition) is 2. The predicted molar refractivity (Wildman–Crippen MR) is 128 cm³/mol. The average molecular weight is 443 g/mol. The lowest BCUT2D eigenvalue weighted by Crippen LogP contribution is -2.63. The van der Waals surface area contributed by atoms with E-state index in [4.69, 9.17) is 0 Å². The summed E-state index contributed by atoms with van der Waals surface area (Å²) >= 11 is 0. The number of fused-ring (bicyclic) bond motifs is 7. The highest BCUT2D eigenvalue weighted by Gasteiger charge is 2.68. The Kier molecular flexibility index (Phi) is 5.08. The smallest absolute Gasteiger partial charge is 0.309 e. The fourth-order valence-corrected chi connectivity index (χ4v) is 11.2. The molecular weight excluding hydrogens is 396 g/mol. The zero-order chi connectivity index (χ0) is 23.3. The quantitative estimate of drug-likeness (QED) is 0.468. The van der Waals surface area contributed by atoms with E-state index < -0.39 is 11.4 Å². The first-order valence-electron chi connectivity index (χ1n) is 13.5. The molecule has 5 aliphatic carbocycles. The molecule has 180 valence electrons. The molecule has 5 fully saturated rings. The van der Waals surface area contributed by atoms with Gasteiger partial charge in [0.1, 0.15) is 0 Å². The third-order valence-corrected chi connectivity index (χ3v) is 12.6. The zero-order valence-corrected chi connectivity index (χ0v) is 21.1. The summed E-state index contributed by atoms with van der Waals surface area (Å²) < 4.78 is 0. The van der Waals surface area contributed by atoms with Gasteiger partial charge < -0.3 is 10.2 Å². The van der Waals surface area contributed by atoms with Gasteiger partial charge in [-0.2, -0.15) is 0 Å².